The third kappa shape index (κ3) is 3.23. The monoisotopic (exact) mass is 299 g/mol. The fraction of sp³-hybridized carbons (Fsp3) is 0.500. The van der Waals surface area contributed by atoms with Crippen LogP contribution in [0.4, 0.5) is 0 Å². The molecule has 0 saturated heterocycles. The van der Waals surface area contributed by atoms with Crippen LogP contribution in [0.2, 0.25) is 0 Å². The molecular formula is C18H25N3O. The molecule has 0 spiro atoms. The van der Waals surface area contributed by atoms with Crippen LogP contribution < -0.4 is 5.32 Å². The van der Waals surface area contributed by atoms with E-state index in [-0.39, 0.29) is 0 Å². The Morgan fingerprint density at radius 2 is 2.18 bits per heavy atom. The van der Waals surface area contributed by atoms with Crippen LogP contribution >= 0.6 is 0 Å². The van der Waals surface area contributed by atoms with Gasteiger partial charge < -0.3 is 10.4 Å². The summed E-state index contributed by atoms with van der Waals surface area (Å²) in [4.78, 5) is 0. The van der Waals surface area contributed by atoms with Crippen LogP contribution in [-0.2, 0) is 12.6 Å². The zero-order valence-electron chi connectivity index (χ0n) is 13.6. The molecule has 1 aliphatic rings. The maximum atomic E-state index is 10.6. The molecular weight excluding hydrogens is 274 g/mol. The number of benzene rings is 1. The first-order valence-corrected chi connectivity index (χ1v) is 7.95. The van der Waals surface area contributed by atoms with Crippen molar-refractivity contribution < 1.29 is 5.11 Å². The molecule has 0 bridgehead atoms. The highest BCUT2D eigenvalue weighted by Gasteiger charge is 2.32. The third-order valence-corrected chi connectivity index (χ3v) is 4.71. The van der Waals surface area contributed by atoms with Gasteiger partial charge in [0.05, 0.1) is 6.20 Å². The third-order valence-electron chi connectivity index (χ3n) is 4.71. The summed E-state index contributed by atoms with van der Waals surface area (Å²) >= 11 is 0. The number of hydrogen-bond acceptors (Lipinski definition) is 3. The average molecular weight is 299 g/mol. The second-order valence-electron chi connectivity index (χ2n) is 6.84. The lowest BCUT2D eigenvalue weighted by Gasteiger charge is -2.38. The van der Waals surface area contributed by atoms with Crippen LogP contribution in [0, 0.1) is 6.92 Å². The topological polar surface area (TPSA) is 50.1 Å². The Kier molecular flexibility index (Phi) is 4.06. The van der Waals surface area contributed by atoms with Gasteiger partial charge in [-0.2, -0.15) is 5.10 Å². The second-order valence-corrected chi connectivity index (χ2v) is 6.84. The summed E-state index contributed by atoms with van der Waals surface area (Å²) in [7, 11) is 1.87. The number of nitrogens with zero attached hydrogens (tertiary/aromatic N) is 2. The van der Waals surface area contributed by atoms with Crippen molar-refractivity contribution in [3.63, 3.8) is 0 Å². The van der Waals surface area contributed by atoms with E-state index in [1.54, 1.807) is 10.9 Å². The minimum atomic E-state index is -0.872. The predicted molar refractivity (Wildman–Crippen MR) is 87.7 cm³/mol. The molecule has 1 aromatic heterocycles. The van der Waals surface area contributed by atoms with E-state index in [0.29, 0.717) is 18.5 Å². The predicted octanol–water partition coefficient (Wildman–Crippen LogP) is 2.47. The number of aromatic nitrogens is 2. The smallest absolute Gasteiger partial charge is 0.102 e. The van der Waals surface area contributed by atoms with E-state index in [0.717, 1.165) is 18.4 Å². The second kappa shape index (κ2) is 5.86. The van der Waals surface area contributed by atoms with E-state index in [4.69, 9.17) is 0 Å². The molecule has 3 rings (SSSR count). The van der Waals surface area contributed by atoms with Crippen LogP contribution in [0.5, 0.6) is 0 Å². The van der Waals surface area contributed by atoms with E-state index in [1.807, 2.05) is 20.2 Å². The standard InChI is InChI=1S/C18H25N3O/c1-13-5-4-6-14(7-13)15-8-17(9-15)19-12-18(2,22)16-10-20-21(3)11-16/h4-7,10-11,15,17,19,22H,8-9,12H2,1-3H3/t15?,17?,18-/m1/s1. The van der Waals surface area contributed by atoms with Crippen molar-refractivity contribution in [1.82, 2.24) is 15.1 Å². The molecule has 22 heavy (non-hydrogen) atoms. The van der Waals surface area contributed by atoms with Gasteiger partial charge in [0.1, 0.15) is 5.60 Å². The Bertz CT molecular complexity index is 641. The van der Waals surface area contributed by atoms with Gasteiger partial charge in [0.25, 0.3) is 0 Å². The Morgan fingerprint density at radius 3 is 2.82 bits per heavy atom. The molecule has 4 nitrogen and oxygen atoms in total. The van der Waals surface area contributed by atoms with E-state index < -0.39 is 5.60 Å². The Labute approximate surface area is 132 Å². The average Bonchev–Trinajstić information content (AvgIpc) is 2.84. The molecule has 1 heterocycles. The van der Waals surface area contributed by atoms with Gasteiger partial charge in [-0.3, -0.25) is 4.68 Å². The van der Waals surface area contributed by atoms with Crippen molar-refractivity contribution in [3.8, 4) is 0 Å². The van der Waals surface area contributed by atoms with Gasteiger partial charge in [-0.25, -0.2) is 0 Å². The van der Waals surface area contributed by atoms with Gasteiger partial charge in [-0.05, 0) is 38.2 Å². The van der Waals surface area contributed by atoms with Crippen LogP contribution in [0.1, 0.15) is 42.4 Å². The van der Waals surface area contributed by atoms with Crippen LogP contribution in [0.25, 0.3) is 0 Å². The Balaban J connectivity index is 1.50. The quantitative estimate of drug-likeness (QED) is 0.892. The molecule has 0 radical (unpaired) electrons. The summed E-state index contributed by atoms with van der Waals surface area (Å²) in [6, 6.07) is 9.28. The molecule has 2 N–H and O–H groups in total. The van der Waals surface area contributed by atoms with Gasteiger partial charge in [0, 0.05) is 31.4 Å². The lowest BCUT2D eigenvalue weighted by molar-refractivity contribution is 0.0489. The van der Waals surface area contributed by atoms with Gasteiger partial charge in [0.2, 0.25) is 0 Å². The summed E-state index contributed by atoms with van der Waals surface area (Å²) in [5, 5.41) is 18.2. The molecule has 2 aromatic rings. The molecule has 1 fully saturated rings. The summed E-state index contributed by atoms with van der Waals surface area (Å²) in [6.07, 6.45) is 5.90. The summed E-state index contributed by atoms with van der Waals surface area (Å²) in [5.74, 6) is 0.653. The number of aliphatic hydroxyl groups is 1. The van der Waals surface area contributed by atoms with Crippen molar-refractivity contribution in [2.75, 3.05) is 6.54 Å². The Hall–Kier alpha value is -1.65. The van der Waals surface area contributed by atoms with Crippen molar-refractivity contribution in [2.24, 2.45) is 7.05 Å². The normalized spacial score (nSPS) is 23.8. The molecule has 1 aliphatic carbocycles. The number of nitrogens with one attached hydrogen (secondary N) is 1. The molecule has 1 saturated carbocycles. The molecule has 4 heteroatoms. The number of aryl methyl sites for hydroxylation is 2. The van der Waals surface area contributed by atoms with E-state index >= 15 is 0 Å². The zero-order valence-corrected chi connectivity index (χ0v) is 13.6. The summed E-state index contributed by atoms with van der Waals surface area (Å²) in [6.45, 7) is 4.54. The fourth-order valence-electron chi connectivity index (χ4n) is 3.13. The van der Waals surface area contributed by atoms with Gasteiger partial charge >= 0.3 is 0 Å². The first kappa shape index (κ1) is 15.3. The van der Waals surface area contributed by atoms with Gasteiger partial charge in [-0.15, -0.1) is 0 Å². The number of rotatable bonds is 5. The van der Waals surface area contributed by atoms with E-state index in [9.17, 15) is 5.11 Å². The van der Waals surface area contributed by atoms with Crippen molar-refractivity contribution >= 4 is 0 Å². The summed E-state index contributed by atoms with van der Waals surface area (Å²) in [5.41, 5.74) is 2.76. The van der Waals surface area contributed by atoms with E-state index in [1.165, 1.54) is 11.1 Å². The zero-order chi connectivity index (χ0) is 15.7. The lowest BCUT2D eigenvalue weighted by Crippen LogP contribution is -2.46. The van der Waals surface area contributed by atoms with Crippen molar-refractivity contribution in [1.29, 1.82) is 0 Å². The number of hydrogen-bond donors (Lipinski definition) is 2. The highest BCUT2D eigenvalue weighted by Crippen LogP contribution is 2.37. The van der Waals surface area contributed by atoms with Crippen LogP contribution in [-0.4, -0.2) is 27.5 Å². The molecule has 0 aliphatic heterocycles. The van der Waals surface area contributed by atoms with Crippen LogP contribution in [0.15, 0.2) is 36.7 Å². The van der Waals surface area contributed by atoms with E-state index in [2.05, 4.69) is 41.6 Å². The van der Waals surface area contributed by atoms with Crippen molar-refractivity contribution in [3.05, 3.63) is 53.3 Å². The maximum Gasteiger partial charge on any atom is 0.102 e. The minimum Gasteiger partial charge on any atom is -0.384 e. The largest absolute Gasteiger partial charge is 0.384 e. The first-order chi connectivity index (χ1) is 10.4. The Morgan fingerprint density at radius 1 is 1.41 bits per heavy atom. The van der Waals surface area contributed by atoms with Crippen molar-refractivity contribution in [2.45, 2.75) is 44.2 Å². The highest BCUT2D eigenvalue weighted by molar-refractivity contribution is 5.27. The first-order valence-electron chi connectivity index (χ1n) is 7.95. The molecule has 0 amide bonds. The molecule has 0 unspecified atom stereocenters. The summed E-state index contributed by atoms with van der Waals surface area (Å²) < 4.78 is 1.72. The van der Waals surface area contributed by atoms with Gasteiger partial charge in [-0.1, -0.05) is 29.8 Å². The van der Waals surface area contributed by atoms with Crippen LogP contribution in [0.3, 0.4) is 0 Å². The molecule has 118 valence electrons. The highest BCUT2D eigenvalue weighted by atomic mass is 16.3. The lowest BCUT2D eigenvalue weighted by atomic mass is 9.75. The molecule has 1 atom stereocenters. The maximum absolute atomic E-state index is 10.6. The SMILES string of the molecule is Cc1cccc(C2CC(NC[C@@](C)(O)c3cnn(C)c3)C2)c1. The minimum absolute atomic E-state index is 0.494. The molecule has 1 aromatic carbocycles. The fourth-order valence-corrected chi connectivity index (χ4v) is 3.13. The van der Waals surface area contributed by atoms with Gasteiger partial charge in [0.15, 0.2) is 0 Å².